The van der Waals surface area contributed by atoms with Gasteiger partial charge < -0.3 is 10.2 Å². The molecule has 8 nitrogen and oxygen atoms in total. The van der Waals surface area contributed by atoms with Gasteiger partial charge in [0.1, 0.15) is 5.82 Å². The van der Waals surface area contributed by atoms with E-state index in [1.54, 1.807) is 17.2 Å². The highest BCUT2D eigenvalue weighted by Gasteiger charge is 2.30. The number of carbonyl (C=O) groups is 3. The number of aromatic amines is 1. The van der Waals surface area contributed by atoms with Crippen LogP contribution in [-0.2, 0) is 11.3 Å². The Morgan fingerprint density at radius 1 is 1.12 bits per heavy atom. The summed E-state index contributed by atoms with van der Waals surface area (Å²) >= 11 is 0. The number of rotatable bonds is 6. The quantitative estimate of drug-likeness (QED) is 0.385. The Hall–Kier alpha value is -4.53. The monoisotopic (exact) mass is 457 g/mol. The van der Waals surface area contributed by atoms with Crippen LogP contribution in [0.2, 0.25) is 0 Å². The number of fused-ring (bicyclic) bond motifs is 2. The van der Waals surface area contributed by atoms with Crippen LogP contribution >= 0.6 is 0 Å². The minimum atomic E-state index is -0.677. The van der Waals surface area contributed by atoms with Crippen LogP contribution in [-0.4, -0.2) is 40.0 Å². The van der Waals surface area contributed by atoms with Crippen LogP contribution in [0, 0.1) is 5.82 Å². The summed E-state index contributed by atoms with van der Waals surface area (Å²) in [5, 5.41) is 12.8. The van der Waals surface area contributed by atoms with Crippen molar-refractivity contribution in [3.63, 3.8) is 0 Å². The number of nitrogens with zero attached hydrogens (tertiary/aromatic N) is 2. The smallest absolute Gasteiger partial charge is 0.321 e. The number of hydrogen-bond acceptors (Lipinski definition) is 4. The van der Waals surface area contributed by atoms with Gasteiger partial charge in [0, 0.05) is 24.0 Å². The predicted octanol–water partition coefficient (Wildman–Crippen LogP) is 3.52. The Balaban J connectivity index is 1.39. The predicted molar refractivity (Wildman–Crippen MR) is 123 cm³/mol. The van der Waals surface area contributed by atoms with Crippen LogP contribution in [0.1, 0.15) is 27.5 Å². The molecule has 0 radical (unpaired) electrons. The average molecular weight is 457 g/mol. The molecule has 3 aromatic carbocycles. The molecule has 5 rings (SSSR count). The number of halogens is 1. The molecule has 1 aliphatic heterocycles. The summed E-state index contributed by atoms with van der Waals surface area (Å²) in [5.41, 5.74) is 4.69. The zero-order valence-corrected chi connectivity index (χ0v) is 17.9. The molecule has 34 heavy (non-hydrogen) atoms. The first-order valence-electron chi connectivity index (χ1n) is 10.6. The normalized spacial score (nSPS) is 13.6. The average Bonchev–Trinajstić information content (AvgIpc) is 3.43. The van der Waals surface area contributed by atoms with E-state index >= 15 is 0 Å². The Bertz CT molecular complexity index is 1400. The molecule has 0 saturated carbocycles. The molecule has 1 atom stereocenters. The number of imide groups is 1. The molecule has 3 N–H and O–H groups in total. The Morgan fingerprint density at radius 3 is 2.71 bits per heavy atom. The maximum absolute atomic E-state index is 13.6. The number of urea groups is 1. The van der Waals surface area contributed by atoms with Crippen molar-refractivity contribution in [2.24, 2.45) is 0 Å². The summed E-state index contributed by atoms with van der Waals surface area (Å²) in [6.45, 7) is 0.463. The van der Waals surface area contributed by atoms with Gasteiger partial charge in [0.2, 0.25) is 6.41 Å². The van der Waals surface area contributed by atoms with E-state index in [9.17, 15) is 18.8 Å². The topological polar surface area (TPSA) is 107 Å². The summed E-state index contributed by atoms with van der Waals surface area (Å²) < 4.78 is 13.6. The lowest BCUT2D eigenvalue weighted by Crippen LogP contribution is -2.42. The van der Waals surface area contributed by atoms with Crippen LogP contribution in [0.3, 0.4) is 0 Å². The van der Waals surface area contributed by atoms with Gasteiger partial charge in [-0.15, -0.1) is 0 Å². The van der Waals surface area contributed by atoms with E-state index in [4.69, 9.17) is 0 Å². The van der Waals surface area contributed by atoms with E-state index in [1.807, 2.05) is 42.5 Å². The van der Waals surface area contributed by atoms with Crippen molar-refractivity contribution >= 4 is 29.3 Å². The van der Waals surface area contributed by atoms with Gasteiger partial charge in [-0.25, -0.2) is 9.18 Å². The van der Waals surface area contributed by atoms with Gasteiger partial charge in [0.05, 0.1) is 17.8 Å². The SMILES string of the molecule is O=CNC(=O)N[C@@H](CN1Cc2ccc(F)cc2C1=O)c1ccc(-c2ccc3cn[nH]c3c2)cc1. The molecule has 2 heterocycles. The number of amides is 4. The first-order valence-corrected chi connectivity index (χ1v) is 10.6. The molecular weight excluding hydrogens is 437 g/mol. The minimum absolute atomic E-state index is 0.154. The van der Waals surface area contributed by atoms with Crippen molar-refractivity contribution < 1.29 is 18.8 Å². The van der Waals surface area contributed by atoms with Gasteiger partial charge in [-0.05, 0) is 40.5 Å². The van der Waals surface area contributed by atoms with Crippen LogP contribution in [0.25, 0.3) is 22.0 Å². The Morgan fingerprint density at radius 2 is 1.91 bits per heavy atom. The summed E-state index contributed by atoms with van der Waals surface area (Å²) in [6, 6.07) is 16.4. The fraction of sp³-hybridized carbons (Fsp3) is 0.120. The van der Waals surface area contributed by atoms with Crippen molar-refractivity contribution in [1.29, 1.82) is 0 Å². The standard InChI is InChI=1S/C25H20FN5O3/c26-20-8-7-19-12-31(24(33)21(19)10-20)13-23(29-25(34)27-14-32)16-3-1-15(2-4-16)17-5-6-18-11-28-30-22(18)9-17/h1-11,14,23H,12-13H2,(H,28,30)(H2,27,29,32,34)/t23-/m0/s1. The van der Waals surface area contributed by atoms with E-state index in [2.05, 4.69) is 20.8 Å². The highest BCUT2D eigenvalue weighted by atomic mass is 19.1. The second kappa shape index (κ2) is 8.78. The fourth-order valence-corrected chi connectivity index (χ4v) is 4.21. The minimum Gasteiger partial charge on any atom is -0.332 e. The summed E-state index contributed by atoms with van der Waals surface area (Å²) in [4.78, 5) is 37.2. The van der Waals surface area contributed by atoms with Crippen LogP contribution in [0.5, 0.6) is 0 Å². The van der Waals surface area contributed by atoms with Crippen LogP contribution < -0.4 is 10.6 Å². The molecule has 0 spiro atoms. The van der Waals surface area contributed by atoms with E-state index in [1.165, 1.54) is 12.1 Å². The number of nitrogens with one attached hydrogen (secondary N) is 3. The third-order valence-electron chi connectivity index (χ3n) is 5.94. The van der Waals surface area contributed by atoms with E-state index < -0.39 is 17.9 Å². The van der Waals surface area contributed by atoms with E-state index in [0.717, 1.165) is 33.2 Å². The zero-order chi connectivity index (χ0) is 23.7. The second-order valence-corrected chi connectivity index (χ2v) is 8.07. The Labute approximate surface area is 193 Å². The lowest BCUT2D eigenvalue weighted by Gasteiger charge is -2.25. The first-order chi connectivity index (χ1) is 16.5. The van der Waals surface area contributed by atoms with Crippen molar-refractivity contribution in [3.8, 4) is 11.1 Å². The first kappa shape index (κ1) is 21.3. The molecule has 0 fully saturated rings. The molecule has 4 amide bonds. The van der Waals surface area contributed by atoms with Gasteiger partial charge in [-0.3, -0.25) is 20.0 Å². The highest BCUT2D eigenvalue weighted by molar-refractivity contribution is 5.98. The lowest BCUT2D eigenvalue weighted by molar-refractivity contribution is -0.108. The van der Waals surface area contributed by atoms with Gasteiger partial charge in [0.25, 0.3) is 5.91 Å². The number of hydrogen-bond donors (Lipinski definition) is 3. The van der Waals surface area contributed by atoms with E-state index in [-0.39, 0.29) is 12.5 Å². The molecule has 0 aliphatic carbocycles. The molecule has 1 aliphatic rings. The van der Waals surface area contributed by atoms with Crippen LogP contribution in [0.15, 0.2) is 66.9 Å². The van der Waals surface area contributed by atoms with Gasteiger partial charge in [0.15, 0.2) is 0 Å². The van der Waals surface area contributed by atoms with Crippen molar-refractivity contribution in [1.82, 2.24) is 25.7 Å². The summed E-state index contributed by atoms with van der Waals surface area (Å²) in [6.07, 6.45) is 2.05. The number of H-pyrrole nitrogens is 1. The summed E-state index contributed by atoms with van der Waals surface area (Å²) in [5.74, 6) is -0.778. The van der Waals surface area contributed by atoms with E-state index in [0.29, 0.717) is 18.5 Å². The highest BCUT2D eigenvalue weighted by Crippen LogP contribution is 2.28. The molecule has 170 valence electrons. The molecule has 0 bridgehead atoms. The molecular formula is C25H20FN5O3. The second-order valence-electron chi connectivity index (χ2n) is 8.07. The Kier molecular flexibility index (Phi) is 5.51. The van der Waals surface area contributed by atoms with Crippen molar-refractivity contribution in [2.45, 2.75) is 12.6 Å². The third-order valence-corrected chi connectivity index (χ3v) is 5.94. The number of carbonyl (C=O) groups excluding carboxylic acids is 3. The third kappa shape index (κ3) is 4.11. The van der Waals surface area contributed by atoms with Crippen molar-refractivity contribution in [3.05, 3.63) is 89.4 Å². The molecule has 0 saturated heterocycles. The molecule has 0 unspecified atom stereocenters. The lowest BCUT2D eigenvalue weighted by atomic mass is 9.99. The van der Waals surface area contributed by atoms with Gasteiger partial charge in [-0.2, -0.15) is 5.10 Å². The number of aromatic nitrogens is 2. The van der Waals surface area contributed by atoms with Gasteiger partial charge >= 0.3 is 6.03 Å². The zero-order valence-electron chi connectivity index (χ0n) is 17.9. The maximum Gasteiger partial charge on any atom is 0.321 e. The van der Waals surface area contributed by atoms with Crippen molar-refractivity contribution in [2.75, 3.05) is 6.54 Å². The number of benzene rings is 3. The largest absolute Gasteiger partial charge is 0.332 e. The summed E-state index contributed by atoms with van der Waals surface area (Å²) in [7, 11) is 0. The van der Waals surface area contributed by atoms with Crippen LogP contribution in [0.4, 0.5) is 9.18 Å². The maximum atomic E-state index is 13.6. The fourth-order valence-electron chi connectivity index (χ4n) is 4.21. The van der Waals surface area contributed by atoms with Gasteiger partial charge in [-0.1, -0.05) is 42.5 Å². The molecule has 1 aromatic heterocycles. The molecule has 9 heteroatoms. The molecule has 4 aromatic rings.